The molecule has 2 heterocycles. The molecule has 0 radical (unpaired) electrons. The maximum absolute atomic E-state index is 9.55. The first-order valence-corrected chi connectivity index (χ1v) is 7.88. The van der Waals surface area contributed by atoms with Crippen molar-refractivity contribution in [1.82, 2.24) is 9.97 Å². The van der Waals surface area contributed by atoms with Crippen LogP contribution in [0.4, 0.5) is 0 Å². The van der Waals surface area contributed by atoms with Crippen molar-refractivity contribution in [3.63, 3.8) is 0 Å². The third-order valence-corrected chi connectivity index (χ3v) is 3.64. The number of aryl methyl sites for hydroxylation is 2. The fourth-order valence-corrected chi connectivity index (χ4v) is 2.38. The fraction of sp³-hybridized carbons (Fsp3) is 0.263. The van der Waals surface area contributed by atoms with Crippen LogP contribution < -0.4 is 0 Å². The Balaban J connectivity index is 2.65. The van der Waals surface area contributed by atoms with Gasteiger partial charge in [0, 0.05) is 29.2 Å². The predicted octanol–water partition coefficient (Wildman–Crippen LogP) is 5.14. The Hall–Kier alpha value is -2.40. The molecule has 2 aromatic heterocycles. The first-order valence-electron chi connectivity index (χ1n) is 7.50. The van der Waals surface area contributed by atoms with Crippen LogP contribution in [0.3, 0.4) is 0 Å². The molecular weight excluding hydrogens is 306 g/mol. The second-order valence-corrected chi connectivity index (χ2v) is 5.78. The standard InChI is InChI=1S/C19H18ClN3/c1-4-5-15(19-7-6-13(2)11-23-19)8-16(10-21)18-9-17(20)12-22-14(18)3/h6-7,9,11-12H,4-5H2,1-3H3. The molecule has 0 saturated heterocycles. The Morgan fingerprint density at radius 2 is 2.00 bits per heavy atom. The molecule has 0 N–H and O–H groups in total. The number of allylic oxidation sites excluding steroid dienone is 1. The summed E-state index contributed by atoms with van der Waals surface area (Å²) in [7, 11) is 0. The maximum atomic E-state index is 9.55. The van der Waals surface area contributed by atoms with Gasteiger partial charge in [0.1, 0.15) is 11.6 Å². The molecule has 0 aliphatic rings. The highest BCUT2D eigenvalue weighted by atomic mass is 35.5. The molecule has 0 bridgehead atoms. The zero-order valence-corrected chi connectivity index (χ0v) is 14.3. The van der Waals surface area contributed by atoms with Crippen molar-refractivity contribution in [1.29, 1.82) is 5.26 Å². The number of hydrogen-bond donors (Lipinski definition) is 0. The lowest BCUT2D eigenvalue weighted by Gasteiger charge is -2.05. The smallest absolute Gasteiger partial charge is 0.108 e. The highest BCUT2D eigenvalue weighted by Crippen LogP contribution is 2.23. The van der Waals surface area contributed by atoms with E-state index in [2.05, 4.69) is 28.7 Å². The molecule has 0 aromatic carbocycles. The normalized spacial score (nSPS) is 9.87. The van der Waals surface area contributed by atoms with Crippen LogP contribution in [0.15, 0.2) is 36.3 Å². The summed E-state index contributed by atoms with van der Waals surface area (Å²) in [6, 6.07) is 7.94. The zero-order valence-electron chi connectivity index (χ0n) is 13.5. The van der Waals surface area contributed by atoms with Gasteiger partial charge in [0.25, 0.3) is 0 Å². The Morgan fingerprint density at radius 1 is 1.22 bits per heavy atom. The average Bonchev–Trinajstić information content (AvgIpc) is 2.55. The van der Waals surface area contributed by atoms with E-state index in [1.807, 2.05) is 32.2 Å². The zero-order chi connectivity index (χ0) is 16.8. The summed E-state index contributed by atoms with van der Waals surface area (Å²) < 4.78 is 0. The third kappa shape index (κ3) is 4.29. The molecule has 0 atom stereocenters. The number of aromatic nitrogens is 2. The van der Waals surface area contributed by atoms with E-state index in [1.54, 1.807) is 12.3 Å². The van der Waals surface area contributed by atoms with E-state index in [-0.39, 0.29) is 0 Å². The van der Waals surface area contributed by atoms with Crippen LogP contribution in [0.2, 0.25) is 5.02 Å². The average molecular weight is 324 g/mol. The lowest BCUT2D eigenvalue weighted by molar-refractivity contribution is 0.966. The minimum Gasteiger partial charge on any atom is -0.259 e. The van der Waals surface area contributed by atoms with Gasteiger partial charge in [-0.15, -0.1) is 0 Å². The molecule has 0 unspecified atom stereocenters. The molecule has 0 spiro atoms. The number of nitrogens with zero attached hydrogens (tertiary/aromatic N) is 3. The van der Waals surface area contributed by atoms with E-state index in [4.69, 9.17) is 11.6 Å². The first kappa shape index (κ1) is 17.0. The van der Waals surface area contributed by atoms with Crippen LogP contribution in [0, 0.1) is 25.2 Å². The quantitative estimate of drug-likeness (QED) is 0.578. The molecule has 3 nitrogen and oxygen atoms in total. The number of hydrogen-bond acceptors (Lipinski definition) is 3. The molecule has 0 aliphatic heterocycles. The minimum atomic E-state index is 0.434. The highest BCUT2D eigenvalue weighted by Gasteiger charge is 2.09. The minimum absolute atomic E-state index is 0.434. The molecule has 0 amide bonds. The van der Waals surface area contributed by atoms with Gasteiger partial charge in [-0.25, -0.2) is 0 Å². The van der Waals surface area contributed by atoms with Crippen LogP contribution in [0.25, 0.3) is 11.1 Å². The summed E-state index contributed by atoms with van der Waals surface area (Å²) in [5.74, 6) is 0. The Kier molecular flexibility index (Phi) is 5.71. The van der Waals surface area contributed by atoms with Gasteiger partial charge in [0.05, 0.1) is 10.7 Å². The van der Waals surface area contributed by atoms with Crippen molar-refractivity contribution in [2.75, 3.05) is 0 Å². The second kappa shape index (κ2) is 7.74. The molecule has 0 saturated carbocycles. The summed E-state index contributed by atoms with van der Waals surface area (Å²) in [6.07, 6.45) is 5.15. The molecule has 0 aliphatic carbocycles. The van der Waals surface area contributed by atoms with Crippen LogP contribution >= 0.6 is 11.6 Å². The summed E-state index contributed by atoms with van der Waals surface area (Å²) in [6.45, 7) is 5.94. The van der Waals surface area contributed by atoms with E-state index in [9.17, 15) is 5.26 Å². The largest absolute Gasteiger partial charge is 0.259 e. The summed E-state index contributed by atoms with van der Waals surface area (Å²) in [5.41, 5.74) is 8.00. The summed E-state index contributed by atoms with van der Waals surface area (Å²) in [4.78, 5) is 8.67. The van der Waals surface area contributed by atoms with E-state index in [1.165, 1.54) is 0 Å². The van der Waals surface area contributed by atoms with E-state index >= 15 is 0 Å². The van der Waals surface area contributed by atoms with Crippen molar-refractivity contribution in [2.45, 2.75) is 33.6 Å². The lowest BCUT2D eigenvalue weighted by atomic mass is 10.0. The summed E-state index contributed by atoms with van der Waals surface area (Å²) in [5, 5.41) is 10.1. The number of halogens is 1. The van der Waals surface area contributed by atoms with Crippen molar-refractivity contribution in [2.24, 2.45) is 0 Å². The van der Waals surface area contributed by atoms with Gasteiger partial charge in [0.15, 0.2) is 0 Å². The summed E-state index contributed by atoms with van der Waals surface area (Å²) >= 11 is 6.02. The molecule has 2 aromatic rings. The fourth-order valence-electron chi connectivity index (χ4n) is 2.22. The molecule has 23 heavy (non-hydrogen) atoms. The topological polar surface area (TPSA) is 49.6 Å². The first-order chi connectivity index (χ1) is 11.0. The monoisotopic (exact) mass is 323 g/mol. The lowest BCUT2D eigenvalue weighted by Crippen LogP contribution is -1.92. The van der Waals surface area contributed by atoms with Gasteiger partial charge < -0.3 is 0 Å². The number of nitriles is 1. The van der Waals surface area contributed by atoms with Crippen molar-refractivity contribution >= 4 is 22.7 Å². The Morgan fingerprint density at radius 3 is 2.61 bits per heavy atom. The van der Waals surface area contributed by atoms with Gasteiger partial charge in [-0.3, -0.25) is 9.97 Å². The Bertz CT molecular complexity index is 807. The van der Waals surface area contributed by atoms with Gasteiger partial charge in [-0.2, -0.15) is 5.26 Å². The third-order valence-electron chi connectivity index (χ3n) is 3.43. The van der Waals surface area contributed by atoms with Gasteiger partial charge in [-0.05, 0) is 38.0 Å². The molecular formula is C19H18ClN3. The van der Waals surface area contributed by atoms with Crippen molar-refractivity contribution in [3.05, 3.63) is 63.9 Å². The SMILES string of the molecule is CCCC(=C=C(C#N)c1cc(Cl)cnc1C)c1ccc(C)cn1. The van der Waals surface area contributed by atoms with Gasteiger partial charge >= 0.3 is 0 Å². The molecule has 2 rings (SSSR count). The molecule has 116 valence electrons. The number of rotatable bonds is 4. The number of pyridine rings is 2. The van der Waals surface area contributed by atoms with Gasteiger partial charge in [-0.1, -0.05) is 36.7 Å². The highest BCUT2D eigenvalue weighted by molar-refractivity contribution is 6.30. The Labute approximate surface area is 142 Å². The van der Waals surface area contributed by atoms with Crippen LogP contribution in [0.1, 0.15) is 42.3 Å². The van der Waals surface area contributed by atoms with Crippen LogP contribution in [-0.2, 0) is 0 Å². The van der Waals surface area contributed by atoms with E-state index in [0.29, 0.717) is 16.2 Å². The van der Waals surface area contributed by atoms with Crippen LogP contribution in [0.5, 0.6) is 0 Å². The predicted molar refractivity (Wildman–Crippen MR) is 93.8 cm³/mol. The van der Waals surface area contributed by atoms with Gasteiger partial charge in [0.2, 0.25) is 0 Å². The van der Waals surface area contributed by atoms with Crippen molar-refractivity contribution < 1.29 is 0 Å². The maximum Gasteiger partial charge on any atom is 0.108 e. The second-order valence-electron chi connectivity index (χ2n) is 5.35. The molecule has 4 heteroatoms. The van der Waals surface area contributed by atoms with Crippen molar-refractivity contribution in [3.8, 4) is 6.07 Å². The van der Waals surface area contributed by atoms with E-state index < -0.39 is 0 Å². The molecule has 0 fully saturated rings. The van der Waals surface area contributed by atoms with Crippen LogP contribution in [-0.4, -0.2) is 9.97 Å². The van der Waals surface area contributed by atoms with E-state index in [0.717, 1.165) is 35.4 Å².